The van der Waals surface area contributed by atoms with E-state index in [0.717, 1.165) is 31.3 Å². The highest BCUT2D eigenvalue weighted by Gasteiger charge is 2.10. The lowest BCUT2D eigenvalue weighted by atomic mass is 10.2. The van der Waals surface area contributed by atoms with Crippen molar-refractivity contribution in [1.82, 2.24) is 15.3 Å². The fourth-order valence-electron chi connectivity index (χ4n) is 2.00. The molecule has 0 saturated heterocycles. The molecular formula is C14H22N4S2. The lowest BCUT2D eigenvalue weighted by Crippen LogP contribution is -2.21. The minimum absolute atomic E-state index is 0.463. The van der Waals surface area contributed by atoms with Gasteiger partial charge in [0.25, 0.3) is 0 Å². The second-order valence-electron chi connectivity index (χ2n) is 4.68. The molecular weight excluding hydrogens is 288 g/mol. The van der Waals surface area contributed by atoms with E-state index in [4.69, 9.17) is 0 Å². The van der Waals surface area contributed by atoms with Gasteiger partial charge in [-0.05, 0) is 13.8 Å². The Hall–Kier alpha value is -0.980. The summed E-state index contributed by atoms with van der Waals surface area (Å²) in [6.45, 7) is 10.4. The summed E-state index contributed by atoms with van der Waals surface area (Å²) in [5.41, 5.74) is 0. The summed E-state index contributed by atoms with van der Waals surface area (Å²) in [4.78, 5) is 12.4. The van der Waals surface area contributed by atoms with E-state index >= 15 is 0 Å². The van der Waals surface area contributed by atoms with E-state index in [9.17, 15) is 0 Å². The minimum Gasteiger partial charge on any atom is -0.349 e. The largest absolute Gasteiger partial charge is 0.349 e. The molecule has 0 fully saturated rings. The average molecular weight is 310 g/mol. The second kappa shape index (κ2) is 7.71. The minimum atomic E-state index is 0.463. The molecule has 2 aromatic rings. The zero-order valence-electron chi connectivity index (χ0n) is 12.3. The predicted molar refractivity (Wildman–Crippen MR) is 87.9 cm³/mol. The highest BCUT2D eigenvalue weighted by molar-refractivity contribution is 7.15. The maximum atomic E-state index is 4.50. The van der Waals surface area contributed by atoms with Crippen LogP contribution in [-0.4, -0.2) is 29.6 Å². The van der Waals surface area contributed by atoms with Gasteiger partial charge in [0.15, 0.2) is 5.13 Å². The van der Waals surface area contributed by atoms with Gasteiger partial charge < -0.3 is 10.2 Å². The number of aromatic nitrogens is 2. The molecule has 0 aromatic carbocycles. The standard InChI is InChI=1S/C14H22N4S2/c1-4-18(5-2)14-17-10-12(20-14)9-15-8-11(3)13-16-6-7-19-13/h6-7,10-11,15H,4-5,8-9H2,1-3H3. The zero-order valence-corrected chi connectivity index (χ0v) is 13.9. The smallest absolute Gasteiger partial charge is 0.185 e. The Bertz CT molecular complexity index is 491. The molecule has 1 unspecified atom stereocenters. The number of hydrogen-bond donors (Lipinski definition) is 1. The number of hydrogen-bond acceptors (Lipinski definition) is 6. The van der Waals surface area contributed by atoms with Crippen LogP contribution in [0, 0.1) is 0 Å². The van der Waals surface area contributed by atoms with Crippen molar-refractivity contribution >= 4 is 27.8 Å². The predicted octanol–water partition coefficient (Wildman–Crippen LogP) is 3.34. The van der Waals surface area contributed by atoms with Crippen molar-refractivity contribution in [3.8, 4) is 0 Å². The molecule has 4 nitrogen and oxygen atoms in total. The lowest BCUT2D eigenvalue weighted by molar-refractivity contribution is 0.616. The third-order valence-corrected chi connectivity index (χ3v) is 5.26. The maximum Gasteiger partial charge on any atom is 0.185 e. The molecule has 1 N–H and O–H groups in total. The molecule has 0 spiro atoms. The molecule has 0 aliphatic carbocycles. The number of thiazole rings is 2. The molecule has 0 bridgehead atoms. The fourth-order valence-corrected chi connectivity index (χ4v) is 3.70. The Morgan fingerprint density at radius 2 is 2.10 bits per heavy atom. The molecule has 0 saturated carbocycles. The number of rotatable bonds is 8. The maximum absolute atomic E-state index is 4.50. The summed E-state index contributed by atoms with van der Waals surface area (Å²) in [6.07, 6.45) is 3.86. The van der Waals surface area contributed by atoms with Crippen LogP contribution in [0.25, 0.3) is 0 Å². The van der Waals surface area contributed by atoms with Gasteiger partial charge in [-0.1, -0.05) is 6.92 Å². The van der Waals surface area contributed by atoms with Gasteiger partial charge in [0.1, 0.15) is 0 Å². The molecule has 2 aromatic heterocycles. The summed E-state index contributed by atoms with van der Waals surface area (Å²) in [7, 11) is 0. The zero-order chi connectivity index (χ0) is 14.4. The van der Waals surface area contributed by atoms with Gasteiger partial charge in [-0.25, -0.2) is 9.97 Å². The quantitative estimate of drug-likeness (QED) is 0.812. The second-order valence-corrected chi connectivity index (χ2v) is 6.70. The number of nitrogens with zero attached hydrogens (tertiary/aromatic N) is 3. The fraction of sp³-hybridized carbons (Fsp3) is 0.571. The SMILES string of the molecule is CCN(CC)c1ncc(CNCC(C)c2nccs2)s1. The summed E-state index contributed by atoms with van der Waals surface area (Å²) in [5.74, 6) is 0.463. The van der Waals surface area contributed by atoms with Gasteiger partial charge in [0.2, 0.25) is 0 Å². The Morgan fingerprint density at radius 3 is 2.75 bits per heavy atom. The highest BCUT2D eigenvalue weighted by Crippen LogP contribution is 2.22. The first-order valence-corrected chi connectivity index (χ1v) is 8.74. The van der Waals surface area contributed by atoms with E-state index in [1.54, 1.807) is 22.7 Å². The monoisotopic (exact) mass is 310 g/mol. The van der Waals surface area contributed by atoms with Crippen molar-refractivity contribution < 1.29 is 0 Å². The third kappa shape index (κ3) is 4.01. The summed E-state index contributed by atoms with van der Waals surface area (Å²) in [5, 5.41) is 7.85. The Morgan fingerprint density at radius 1 is 1.30 bits per heavy atom. The first kappa shape index (κ1) is 15.4. The Balaban J connectivity index is 1.80. The molecule has 0 aliphatic heterocycles. The molecule has 2 heterocycles. The number of anilines is 1. The molecule has 2 rings (SSSR count). The summed E-state index contributed by atoms with van der Waals surface area (Å²) >= 11 is 3.50. The van der Waals surface area contributed by atoms with E-state index in [2.05, 4.69) is 41.0 Å². The summed E-state index contributed by atoms with van der Waals surface area (Å²) < 4.78 is 0. The van der Waals surface area contributed by atoms with Gasteiger partial charge >= 0.3 is 0 Å². The highest BCUT2D eigenvalue weighted by atomic mass is 32.1. The number of nitrogens with one attached hydrogen (secondary N) is 1. The van der Waals surface area contributed by atoms with Crippen molar-refractivity contribution in [3.63, 3.8) is 0 Å². The van der Waals surface area contributed by atoms with Gasteiger partial charge in [0, 0.05) is 54.7 Å². The van der Waals surface area contributed by atoms with E-state index in [1.807, 2.05) is 17.8 Å². The van der Waals surface area contributed by atoms with Crippen LogP contribution >= 0.6 is 22.7 Å². The molecule has 0 amide bonds. The average Bonchev–Trinajstić information content (AvgIpc) is 3.11. The van der Waals surface area contributed by atoms with E-state index in [-0.39, 0.29) is 0 Å². The van der Waals surface area contributed by atoms with Crippen LogP contribution < -0.4 is 10.2 Å². The van der Waals surface area contributed by atoms with Crippen molar-refractivity contribution in [2.45, 2.75) is 33.2 Å². The molecule has 6 heteroatoms. The summed E-state index contributed by atoms with van der Waals surface area (Å²) in [6, 6.07) is 0. The molecule has 110 valence electrons. The van der Waals surface area contributed by atoms with Crippen LogP contribution in [0.1, 0.15) is 36.6 Å². The molecule has 20 heavy (non-hydrogen) atoms. The van der Waals surface area contributed by atoms with Crippen LogP contribution in [0.3, 0.4) is 0 Å². The topological polar surface area (TPSA) is 41.1 Å². The van der Waals surface area contributed by atoms with Gasteiger partial charge in [-0.3, -0.25) is 0 Å². The first-order valence-electron chi connectivity index (χ1n) is 7.04. The van der Waals surface area contributed by atoms with E-state index in [0.29, 0.717) is 5.92 Å². The molecule has 0 radical (unpaired) electrons. The molecule has 0 aliphatic rings. The first-order chi connectivity index (χ1) is 9.74. The van der Waals surface area contributed by atoms with Gasteiger partial charge in [-0.15, -0.1) is 22.7 Å². The van der Waals surface area contributed by atoms with Crippen LogP contribution in [-0.2, 0) is 6.54 Å². The van der Waals surface area contributed by atoms with E-state index in [1.165, 1.54) is 9.88 Å². The van der Waals surface area contributed by atoms with Gasteiger partial charge in [-0.2, -0.15) is 0 Å². The lowest BCUT2D eigenvalue weighted by Gasteiger charge is -2.16. The van der Waals surface area contributed by atoms with Crippen molar-refractivity contribution in [3.05, 3.63) is 27.7 Å². The van der Waals surface area contributed by atoms with Crippen molar-refractivity contribution in [2.75, 3.05) is 24.5 Å². The normalized spacial score (nSPS) is 12.6. The third-order valence-electron chi connectivity index (χ3n) is 3.20. The van der Waals surface area contributed by atoms with Crippen molar-refractivity contribution in [1.29, 1.82) is 0 Å². The van der Waals surface area contributed by atoms with Crippen LogP contribution in [0.5, 0.6) is 0 Å². The van der Waals surface area contributed by atoms with Crippen LogP contribution in [0.2, 0.25) is 0 Å². The molecule has 1 atom stereocenters. The van der Waals surface area contributed by atoms with Crippen LogP contribution in [0.15, 0.2) is 17.8 Å². The Kier molecular flexibility index (Phi) is 5.94. The van der Waals surface area contributed by atoms with Crippen molar-refractivity contribution in [2.24, 2.45) is 0 Å². The Labute approximate surface area is 128 Å². The van der Waals surface area contributed by atoms with E-state index < -0.39 is 0 Å². The van der Waals surface area contributed by atoms with Gasteiger partial charge in [0.05, 0.1) is 5.01 Å². The van der Waals surface area contributed by atoms with Crippen LogP contribution in [0.4, 0.5) is 5.13 Å².